The Morgan fingerprint density at radius 3 is 2.37 bits per heavy atom. The van der Waals surface area contributed by atoms with E-state index in [0.29, 0.717) is 17.5 Å². The molecular formula is C36H43NO14. The number of hydrogen-bond acceptors (Lipinski definition) is 14. The van der Waals surface area contributed by atoms with Gasteiger partial charge in [0.25, 0.3) is 0 Å². The number of phenols is 2. The Hall–Kier alpha value is -4.64. The van der Waals surface area contributed by atoms with Crippen LogP contribution in [0.4, 0.5) is 0 Å². The number of ether oxygens (including phenoxy) is 6. The fourth-order valence-electron chi connectivity index (χ4n) is 6.73. The molecule has 5 rings (SSSR count). The molecule has 15 nitrogen and oxygen atoms in total. The summed E-state index contributed by atoms with van der Waals surface area (Å²) in [6.45, 7) is 3.53. The van der Waals surface area contributed by atoms with Crippen molar-refractivity contribution in [2.45, 2.75) is 55.9 Å². The Morgan fingerprint density at radius 2 is 1.71 bits per heavy atom. The van der Waals surface area contributed by atoms with Crippen molar-refractivity contribution in [3.63, 3.8) is 0 Å². The number of carbonyl (C=O) groups is 2. The van der Waals surface area contributed by atoms with Crippen LogP contribution in [-0.4, -0.2) is 119 Å². The number of amides is 1. The first kappa shape index (κ1) is 37.6. The molecular weight excluding hydrogens is 670 g/mol. The molecule has 0 aromatic heterocycles. The summed E-state index contributed by atoms with van der Waals surface area (Å²) in [4.78, 5) is 28.7. The standard InChI is InChI=1S/C36H43NO14/c1-5-20-22(23(34(45)48-4)17-49-35(20)51-36-33(44)32(43)31(42)29(16-38)50-36)14-24-21-15-26(40)28(47-3)13-19(21)10-11-37(24)30(41)9-7-18-6-8-25(39)27(12-18)46-2/h5-9,12-13,15,17,20,22,24,29,31-33,35-36,38-40,42-44H,1,10-11,14,16H2,2-4H3/t20-,22+,24-,29-,31-,32+,33-,35+,36+/m1/s1. The first-order valence-electron chi connectivity index (χ1n) is 16.2. The van der Waals surface area contributed by atoms with Crippen LogP contribution < -0.4 is 9.47 Å². The van der Waals surface area contributed by atoms with E-state index in [1.165, 1.54) is 45.6 Å². The Bertz CT molecular complexity index is 1660. The molecule has 2 aromatic carbocycles. The molecule has 0 unspecified atom stereocenters. The van der Waals surface area contributed by atoms with Crippen molar-refractivity contribution < 1.29 is 68.6 Å². The van der Waals surface area contributed by atoms with Gasteiger partial charge < -0.3 is 64.0 Å². The van der Waals surface area contributed by atoms with Crippen LogP contribution >= 0.6 is 0 Å². The van der Waals surface area contributed by atoms with E-state index < -0.39 is 67.4 Å². The third kappa shape index (κ3) is 7.68. The summed E-state index contributed by atoms with van der Waals surface area (Å²) in [5.41, 5.74) is 2.11. The van der Waals surface area contributed by atoms with E-state index >= 15 is 0 Å². The molecule has 3 heterocycles. The molecule has 1 saturated heterocycles. The third-order valence-electron chi connectivity index (χ3n) is 9.50. The largest absolute Gasteiger partial charge is 0.504 e. The van der Waals surface area contributed by atoms with Crippen LogP contribution in [0.25, 0.3) is 6.08 Å². The van der Waals surface area contributed by atoms with Crippen molar-refractivity contribution >= 4 is 18.0 Å². The lowest BCUT2D eigenvalue weighted by molar-refractivity contribution is -0.339. The topological polar surface area (TPSA) is 214 Å². The molecule has 51 heavy (non-hydrogen) atoms. The average Bonchev–Trinajstić information content (AvgIpc) is 3.14. The minimum Gasteiger partial charge on any atom is -0.504 e. The predicted octanol–water partition coefficient (Wildman–Crippen LogP) is 1.29. The molecule has 0 saturated carbocycles. The van der Waals surface area contributed by atoms with E-state index in [0.717, 1.165) is 11.8 Å². The van der Waals surface area contributed by atoms with Gasteiger partial charge in [0.05, 0.1) is 45.8 Å². The summed E-state index contributed by atoms with van der Waals surface area (Å²) < 4.78 is 32.9. The van der Waals surface area contributed by atoms with Gasteiger partial charge in [0.2, 0.25) is 12.2 Å². The van der Waals surface area contributed by atoms with Crippen molar-refractivity contribution in [2.24, 2.45) is 11.8 Å². The number of aliphatic hydroxyl groups excluding tert-OH is 4. The molecule has 3 aliphatic rings. The lowest BCUT2D eigenvalue weighted by Gasteiger charge is -2.44. The molecule has 0 spiro atoms. The lowest BCUT2D eigenvalue weighted by atomic mass is 9.76. The SMILES string of the molecule is C=C[C@H]1[C@H](O[C@@H]2O[C@H](CO)[C@@H](O)[C@H](O)[C@H]2O)OC=C(C(=O)OC)[C@H]1C[C@@H]1c2cc(O)c(OC)cc2CCN1C(=O)C=Cc1ccc(O)c(OC)c1. The summed E-state index contributed by atoms with van der Waals surface area (Å²) in [6, 6.07) is 7.14. The maximum atomic E-state index is 14.0. The van der Waals surface area contributed by atoms with Crippen molar-refractivity contribution in [1.82, 2.24) is 4.90 Å². The van der Waals surface area contributed by atoms with E-state index in [2.05, 4.69) is 6.58 Å². The van der Waals surface area contributed by atoms with E-state index in [9.17, 15) is 40.2 Å². The second-order valence-electron chi connectivity index (χ2n) is 12.3. The second kappa shape index (κ2) is 16.1. The van der Waals surface area contributed by atoms with Gasteiger partial charge in [-0.25, -0.2) is 4.79 Å². The highest BCUT2D eigenvalue weighted by Gasteiger charge is 2.48. The summed E-state index contributed by atoms with van der Waals surface area (Å²) in [7, 11) is 4.05. The molecule has 1 fully saturated rings. The Labute approximate surface area is 294 Å². The lowest BCUT2D eigenvalue weighted by Crippen LogP contribution is -2.60. The molecule has 276 valence electrons. The summed E-state index contributed by atoms with van der Waals surface area (Å²) >= 11 is 0. The molecule has 0 bridgehead atoms. The maximum Gasteiger partial charge on any atom is 0.337 e. The highest BCUT2D eigenvalue weighted by Crippen LogP contribution is 2.45. The zero-order valence-corrected chi connectivity index (χ0v) is 28.3. The fraction of sp³-hybridized carbons (Fsp3) is 0.444. The average molecular weight is 714 g/mol. The van der Waals surface area contributed by atoms with Crippen molar-refractivity contribution in [2.75, 3.05) is 34.5 Å². The van der Waals surface area contributed by atoms with Crippen LogP contribution in [0.5, 0.6) is 23.0 Å². The first-order chi connectivity index (χ1) is 24.4. The zero-order chi connectivity index (χ0) is 37.0. The highest BCUT2D eigenvalue weighted by atomic mass is 16.8. The zero-order valence-electron chi connectivity index (χ0n) is 28.3. The van der Waals surface area contributed by atoms with Crippen molar-refractivity contribution in [1.29, 1.82) is 0 Å². The second-order valence-corrected chi connectivity index (χ2v) is 12.3. The molecule has 0 aliphatic carbocycles. The number of aliphatic hydroxyl groups is 4. The van der Waals surface area contributed by atoms with Gasteiger partial charge in [-0.1, -0.05) is 12.1 Å². The Kier molecular flexibility index (Phi) is 11.9. The molecule has 2 aromatic rings. The van der Waals surface area contributed by atoms with E-state index in [1.807, 2.05) is 0 Å². The van der Waals surface area contributed by atoms with Gasteiger partial charge >= 0.3 is 5.97 Å². The molecule has 1 amide bonds. The molecule has 3 aliphatic heterocycles. The van der Waals surface area contributed by atoms with Gasteiger partial charge in [-0.05, 0) is 59.9 Å². The van der Waals surface area contributed by atoms with E-state index in [1.54, 1.807) is 29.2 Å². The number of rotatable bonds is 11. The number of phenolic OH excluding ortho intramolecular Hbond substituents is 2. The van der Waals surface area contributed by atoms with Gasteiger partial charge in [-0.2, -0.15) is 0 Å². The van der Waals surface area contributed by atoms with Gasteiger partial charge in [0.15, 0.2) is 29.3 Å². The van der Waals surface area contributed by atoms with Crippen LogP contribution in [0.2, 0.25) is 0 Å². The van der Waals surface area contributed by atoms with Crippen LogP contribution in [0, 0.1) is 11.8 Å². The number of aromatic hydroxyl groups is 2. The van der Waals surface area contributed by atoms with Gasteiger partial charge in [-0.15, -0.1) is 6.58 Å². The van der Waals surface area contributed by atoms with Crippen LogP contribution in [0.15, 0.2) is 60.9 Å². The Morgan fingerprint density at radius 1 is 0.980 bits per heavy atom. The monoisotopic (exact) mass is 713 g/mol. The fourth-order valence-corrected chi connectivity index (χ4v) is 6.73. The summed E-state index contributed by atoms with van der Waals surface area (Å²) in [5.74, 6) is -2.45. The maximum absolute atomic E-state index is 14.0. The van der Waals surface area contributed by atoms with Gasteiger partial charge in [-0.3, -0.25) is 4.79 Å². The van der Waals surface area contributed by atoms with Crippen molar-refractivity contribution in [3.8, 4) is 23.0 Å². The predicted molar refractivity (Wildman–Crippen MR) is 178 cm³/mol. The Balaban J connectivity index is 1.51. The number of fused-ring (bicyclic) bond motifs is 1. The molecule has 9 atom stereocenters. The first-order valence-corrected chi connectivity index (χ1v) is 16.2. The highest BCUT2D eigenvalue weighted by molar-refractivity contribution is 5.92. The van der Waals surface area contributed by atoms with Crippen LogP contribution in [0.3, 0.4) is 0 Å². The number of esters is 1. The van der Waals surface area contributed by atoms with Crippen LogP contribution in [-0.2, 0) is 35.0 Å². The van der Waals surface area contributed by atoms with E-state index in [4.69, 9.17) is 28.4 Å². The van der Waals surface area contributed by atoms with Crippen LogP contribution in [0.1, 0.15) is 29.2 Å². The minimum atomic E-state index is -1.72. The summed E-state index contributed by atoms with van der Waals surface area (Å²) in [5, 5.41) is 61.7. The quantitative estimate of drug-likeness (QED) is 0.110. The molecule has 15 heteroatoms. The number of benzene rings is 2. The molecule has 6 N–H and O–H groups in total. The third-order valence-corrected chi connectivity index (χ3v) is 9.50. The number of hydrogen-bond donors (Lipinski definition) is 6. The molecule has 0 radical (unpaired) electrons. The number of methoxy groups -OCH3 is 3. The summed E-state index contributed by atoms with van der Waals surface area (Å²) in [6.07, 6.45) is -3.00. The van der Waals surface area contributed by atoms with Gasteiger partial charge in [0.1, 0.15) is 24.4 Å². The van der Waals surface area contributed by atoms with E-state index in [-0.39, 0.29) is 47.4 Å². The van der Waals surface area contributed by atoms with Crippen molar-refractivity contribution in [3.05, 3.63) is 77.6 Å². The number of carbonyl (C=O) groups excluding carboxylic acids is 2. The smallest absolute Gasteiger partial charge is 0.337 e. The minimum absolute atomic E-state index is 0.0551. The normalized spacial score (nSPS) is 29.0. The van der Waals surface area contributed by atoms with Gasteiger partial charge in [0, 0.05) is 24.5 Å². The number of nitrogens with zero attached hydrogens (tertiary/aromatic N) is 1.